The fourth-order valence-corrected chi connectivity index (χ4v) is 11.6. The van der Waals surface area contributed by atoms with Crippen LogP contribution >= 0.6 is 0 Å². The predicted molar refractivity (Wildman–Crippen MR) is 273 cm³/mol. The maximum Gasteiger partial charge on any atom is 0.319 e. The molecule has 2 aromatic carbocycles. The standard InChI is InChI=1S/C31H32F2N4O.C26H38N4O/c1-4-21-24(32)12-11-20-9-6-10-22(25(20)21)27-26(33)28-23(16-34-27)29(37-15-7-8-19(3)17-37)36-30(35-28)38-18-31(5-2)13-14-31;1-5-7-13-26(12-6-2)14-16-29(17-15-26)21-9-11-22-24(18-21)28(4)19-30(22)23-10-8-20(3)27-25(23)31/h1,6,9-10,16,19H,5,7-8,11-15,17-18H2,2-3H3;9,11,18-19,23H,3,5-8,10,12-17H2,1-2,4H3/p+1. The largest absolute Gasteiger partial charge is 0.463 e. The van der Waals surface area contributed by atoms with E-state index in [4.69, 9.17) is 16.1 Å². The molecular weight excluding hydrogens is 867 g/mol. The molecule has 364 valence electrons. The van der Waals surface area contributed by atoms with Crippen molar-refractivity contribution in [2.24, 2.45) is 23.8 Å². The molecule has 5 aromatic rings. The van der Waals surface area contributed by atoms with Crippen LogP contribution < -0.4 is 24.4 Å². The van der Waals surface area contributed by atoms with Crippen molar-refractivity contribution in [2.45, 2.75) is 136 Å². The number of nitrogens with one attached hydrogen (secondary N) is 1. The van der Waals surface area contributed by atoms with Crippen LogP contribution in [0, 0.1) is 34.9 Å². The van der Waals surface area contributed by atoms with Gasteiger partial charge in [0.15, 0.2) is 22.9 Å². The minimum Gasteiger partial charge on any atom is -0.463 e. The molecule has 12 heteroatoms. The van der Waals surface area contributed by atoms with Crippen molar-refractivity contribution < 1.29 is 22.9 Å². The van der Waals surface area contributed by atoms with E-state index in [2.05, 4.69) is 106 Å². The second-order valence-corrected chi connectivity index (χ2v) is 20.9. The van der Waals surface area contributed by atoms with Crippen LogP contribution in [0.2, 0.25) is 0 Å². The zero-order chi connectivity index (χ0) is 48.5. The van der Waals surface area contributed by atoms with Gasteiger partial charge in [0.1, 0.15) is 22.9 Å². The Labute approximate surface area is 407 Å². The van der Waals surface area contributed by atoms with Gasteiger partial charge in [-0.1, -0.05) is 77.7 Å². The maximum absolute atomic E-state index is 16.4. The van der Waals surface area contributed by atoms with Crippen LogP contribution in [0.3, 0.4) is 0 Å². The van der Waals surface area contributed by atoms with Gasteiger partial charge in [-0.25, -0.2) is 17.9 Å². The van der Waals surface area contributed by atoms with Crippen LogP contribution in [0.25, 0.3) is 38.8 Å². The number of piperidine rings is 3. The number of pyridine rings is 1. The molecule has 4 fully saturated rings. The number of aryl methyl sites for hydroxylation is 2. The van der Waals surface area contributed by atoms with E-state index in [-0.39, 0.29) is 52.4 Å². The first-order valence-corrected chi connectivity index (χ1v) is 25.8. The van der Waals surface area contributed by atoms with Gasteiger partial charge in [0, 0.05) is 79.2 Å². The van der Waals surface area contributed by atoms with Crippen LogP contribution in [-0.2, 0) is 18.3 Å². The third-order valence-corrected chi connectivity index (χ3v) is 16.1. The number of terminal acetylenes is 1. The number of amides is 1. The van der Waals surface area contributed by atoms with E-state index in [9.17, 15) is 9.18 Å². The van der Waals surface area contributed by atoms with Gasteiger partial charge in [-0.3, -0.25) is 9.78 Å². The summed E-state index contributed by atoms with van der Waals surface area (Å²) >= 11 is 0. The number of carbonyl (C=O) groups is 1. The summed E-state index contributed by atoms with van der Waals surface area (Å²) in [4.78, 5) is 31.2. The summed E-state index contributed by atoms with van der Waals surface area (Å²) in [6.07, 6.45) is 26.6. The molecule has 6 heterocycles. The molecule has 0 radical (unpaired) electrons. The number of hydrogen-bond donors (Lipinski definition) is 1. The zero-order valence-corrected chi connectivity index (χ0v) is 41.6. The topological polar surface area (TPSA) is 92.3 Å². The number of carbonyl (C=O) groups excluding carboxylic acids is 1. The number of imidazole rings is 1. The van der Waals surface area contributed by atoms with Gasteiger partial charge in [-0.15, -0.1) is 6.42 Å². The van der Waals surface area contributed by atoms with Crippen molar-refractivity contribution in [1.82, 2.24) is 24.8 Å². The quantitative estimate of drug-likeness (QED) is 0.0928. The van der Waals surface area contributed by atoms with E-state index >= 15 is 4.39 Å². The molecule has 0 spiro atoms. The molecule has 1 saturated carbocycles. The van der Waals surface area contributed by atoms with Crippen molar-refractivity contribution in [3.8, 4) is 29.6 Å². The highest BCUT2D eigenvalue weighted by atomic mass is 19.1. The van der Waals surface area contributed by atoms with E-state index < -0.39 is 5.82 Å². The molecule has 1 N–H and O–H groups in total. The normalized spacial score (nSPS) is 20.8. The number of hydrogen-bond acceptors (Lipinski definition) is 7. The lowest BCUT2D eigenvalue weighted by Gasteiger charge is -2.43. The fourth-order valence-electron chi connectivity index (χ4n) is 11.6. The minimum absolute atomic E-state index is 0.0493. The SMILES string of the molecule is C#CC1=C(F)CCc2cccc(-c3ncc4c(N5CCCC(C)C5)nc(OCC5(CC)CC5)nc4c3F)c21.C=C1CCC([n+]2cn(C)c3cc(N4CCC(CCC)(CCCC)CC4)ccc32)C(=O)N1. The summed E-state index contributed by atoms with van der Waals surface area (Å²) in [5.41, 5.74) is 7.51. The Morgan fingerprint density at radius 2 is 1.78 bits per heavy atom. The van der Waals surface area contributed by atoms with Gasteiger partial charge in [0.2, 0.25) is 6.33 Å². The molecule has 3 saturated heterocycles. The highest BCUT2D eigenvalue weighted by Crippen LogP contribution is 2.49. The number of allylic oxidation sites excluding steroid dienone is 3. The number of anilines is 2. The Kier molecular flexibility index (Phi) is 14.1. The van der Waals surface area contributed by atoms with Crippen molar-refractivity contribution >= 4 is 44.9 Å². The van der Waals surface area contributed by atoms with E-state index in [1.165, 1.54) is 56.1 Å². The average Bonchev–Trinajstić information content (AvgIpc) is 4.08. The predicted octanol–water partition coefficient (Wildman–Crippen LogP) is 11.9. The molecule has 1 amide bonds. The lowest BCUT2D eigenvalue weighted by molar-refractivity contribution is -0.686. The lowest BCUT2D eigenvalue weighted by atomic mass is 9.71. The van der Waals surface area contributed by atoms with E-state index in [1.807, 2.05) is 12.1 Å². The number of benzene rings is 2. The van der Waals surface area contributed by atoms with Gasteiger partial charge in [0.25, 0.3) is 5.91 Å². The summed E-state index contributed by atoms with van der Waals surface area (Å²) in [5.74, 6) is 2.77. The van der Waals surface area contributed by atoms with Gasteiger partial charge in [0.05, 0.1) is 24.6 Å². The monoisotopic (exact) mass is 938 g/mol. The molecule has 69 heavy (non-hydrogen) atoms. The van der Waals surface area contributed by atoms with Crippen molar-refractivity contribution in [3.63, 3.8) is 0 Å². The third kappa shape index (κ3) is 9.85. The molecule has 3 aliphatic heterocycles. The Balaban J connectivity index is 0.000000176. The summed E-state index contributed by atoms with van der Waals surface area (Å²) in [6, 6.07) is 12.3. The van der Waals surface area contributed by atoms with Crippen molar-refractivity contribution in [3.05, 3.63) is 84.0 Å². The maximum atomic E-state index is 16.4. The summed E-state index contributed by atoms with van der Waals surface area (Å²) in [6.45, 7) is 17.4. The Morgan fingerprint density at radius 1 is 0.971 bits per heavy atom. The number of fused-ring (bicyclic) bond motifs is 3. The van der Waals surface area contributed by atoms with Crippen LogP contribution in [-0.4, -0.2) is 58.2 Å². The molecule has 3 aromatic heterocycles. The Hall–Kier alpha value is -5.83. The first-order valence-electron chi connectivity index (χ1n) is 25.8. The summed E-state index contributed by atoms with van der Waals surface area (Å²) < 4.78 is 41.5. The highest BCUT2D eigenvalue weighted by molar-refractivity contribution is 5.95. The molecular formula is C57H71F2N8O2+. The number of ether oxygens (including phenoxy) is 1. The van der Waals surface area contributed by atoms with E-state index in [0.717, 1.165) is 87.9 Å². The second kappa shape index (κ2) is 20.3. The Morgan fingerprint density at radius 3 is 2.49 bits per heavy atom. The average molecular weight is 938 g/mol. The summed E-state index contributed by atoms with van der Waals surface area (Å²) in [7, 11) is 2.08. The van der Waals surface area contributed by atoms with E-state index in [0.29, 0.717) is 46.7 Å². The number of nitrogens with zero attached hydrogens (tertiary/aromatic N) is 7. The van der Waals surface area contributed by atoms with Crippen LogP contribution in [0.5, 0.6) is 6.01 Å². The van der Waals surface area contributed by atoms with Gasteiger partial charge in [-0.2, -0.15) is 9.97 Å². The molecule has 0 bridgehead atoms. The molecule has 2 unspecified atom stereocenters. The van der Waals surface area contributed by atoms with Gasteiger partial charge < -0.3 is 19.9 Å². The Bertz CT molecular complexity index is 2810. The van der Waals surface area contributed by atoms with Crippen molar-refractivity contribution in [1.29, 1.82) is 0 Å². The van der Waals surface area contributed by atoms with E-state index in [1.54, 1.807) is 12.3 Å². The molecule has 2 atom stereocenters. The smallest absolute Gasteiger partial charge is 0.319 e. The van der Waals surface area contributed by atoms with Gasteiger partial charge >= 0.3 is 6.01 Å². The molecule has 10 rings (SSSR count). The fraction of sp³-hybridized carbons (Fsp3) is 0.526. The minimum atomic E-state index is -0.576. The summed E-state index contributed by atoms with van der Waals surface area (Å²) in [5, 5.41) is 3.47. The van der Waals surface area contributed by atoms with Crippen molar-refractivity contribution in [2.75, 3.05) is 42.6 Å². The highest BCUT2D eigenvalue weighted by Gasteiger charge is 2.42. The van der Waals surface area contributed by atoms with Gasteiger partial charge in [-0.05, 0) is 99.7 Å². The third-order valence-electron chi connectivity index (χ3n) is 16.1. The molecule has 5 aliphatic rings. The number of aromatic nitrogens is 5. The molecule has 10 nitrogen and oxygen atoms in total. The second-order valence-electron chi connectivity index (χ2n) is 20.9. The van der Waals surface area contributed by atoms with Crippen LogP contribution in [0.4, 0.5) is 20.3 Å². The lowest BCUT2D eigenvalue weighted by Crippen LogP contribution is -2.50. The number of unbranched alkanes of at least 4 members (excludes halogenated alkanes) is 1. The first-order chi connectivity index (χ1) is 33.4. The number of rotatable bonds is 13. The van der Waals surface area contributed by atoms with Crippen LogP contribution in [0.1, 0.15) is 141 Å². The zero-order valence-electron chi connectivity index (χ0n) is 41.6. The number of halogens is 2. The molecule has 2 aliphatic carbocycles. The first kappa shape index (κ1) is 48.2. The van der Waals surface area contributed by atoms with Crippen LogP contribution in [0.15, 0.2) is 67.0 Å².